The molecule has 20 heavy (non-hydrogen) atoms. The highest BCUT2D eigenvalue weighted by molar-refractivity contribution is 5.80. The summed E-state index contributed by atoms with van der Waals surface area (Å²) >= 11 is 0. The van der Waals surface area contributed by atoms with Gasteiger partial charge in [-0.2, -0.15) is 5.10 Å². The number of aromatic nitrogens is 4. The van der Waals surface area contributed by atoms with Gasteiger partial charge in [-0.1, -0.05) is 6.92 Å². The number of nitrogens with one attached hydrogen (secondary N) is 1. The number of fused-ring (bicyclic) bond motifs is 1. The van der Waals surface area contributed by atoms with Crippen LogP contribution < -0.4 is 5.32 Å². The van der Waals surface area contributed by atoms with Crippen molar-refractivity contribution in [3.63, 3.8) is 0 Å². The lowest BCUT2D eigenvalue weighted by Gasteiger charge is -2.04. The molecule has 0 unspecified atom stereocenters. The van der Waals surface area contributed by atoms with Gasteiger partial charge in [-0.25, -0.2) is 4.98 Å². The average Bonchev–Trinajstić information content (AvgIpc) is 3.11. The van der Waals surface area contributed by atoms with E-state index < -0.39 is 0 Å². The molecule has 0 saturated carbocycles. The molecule has 0 fully saturated rings. The second-order valence-corrected chi connectivity index (χ2v) is 4.77. The predicted molar refractivity (Wildman–Crippen MR) is 79.3 cm³/mol. The van der Waals surface area contributed by atoms with Crippen molar-refractivity contribution in [2.24, 2.45) is 0 Å². The van der Waals surface area contributed by atoms with Gasteiger partial charge in [-0.05, 0) is 30.3 Å². The van der Waals surface area contributed by atoms with Crippen LogP contribution in [0.3, 0.4) is 0 Å². The second-order valence-electron chi connectivity index (χ2n) is 4.77. The first-order valence-electron chi connectivity index (χ1n) is 6.99. The van der Waals surface area contributed by atoms with E-state index in [0.717, 1.165) is 31.8 Å². The third-order valence-electron chi connectivity index (χ3n) is 3.41. The zero-order chi connectivity index (χ0) is 13.8. The molecule has 0 atom stereocenters. The fourth-order valence-electron chi connectivity index (χ4n) is 2.41. The SMILES string of the molecule is CCNCc1cn(CCn2cccn2)c2ncccc12. The van der Waals surface area contributed by atoms with E-state index in [9.17, 15) is 0 Å². The normalized spacial score (nSPS) is 11.2. The molecule has 0 amide bonds. The van der Waals surface area contributed by atoms with E-state index >= 15 is 0 Å². The molecule has 104 valence electrons. The summed E-state index contributed by atoms with van der Waals surface area (Å²) in [5.41, 5.74) is 2.35. The van der Waals surface area contributed by atoms with Crippen molar-refractivity contribution in [2.75, 3.05) is 6.54 Å². The summed E-state index contributed by atoms with van der Waals surface area (Å²) in [6.45, 7) is 5.71. The number of hydrogen-bond donors (Lipinski definition) is 1. The fraction of sp³-hybridized carbons (Fsp3) is 0.333. The molecule has 3 rings (SSSR count). The first-order chi connectivity index (χ1) is 9.88. The maximum Gasteiger partial charge on any atom is 0.140 e. The molecule has 0 aromatic carbocycles. The van der Waals surface area contributed by atoms with E-state index in [1.54, 1.807) is 0 Å². The largest absolute Gasteiger partial charge is 0.330 e. The highest BCUT2D eigenvalue weighted by Crippen LogP contribution is 2.19. The van der Waals surface area contributed by atoms with Crippen molar-refractivity contribution in [1.82, 2.24) is 24.6 Å². The van der Waals surface area contributed by atoms with Crippen LogP contribution in [0.15, 0.2) is 43.0 Å². The van der Waals surface area contributed by atoms with Crippen molar-refractivity contribution in [2.45, 2.75) is 26.6 Å². The van der Waals surface area contributed by atoms with Crippen molar-refractivity contribution in [3.05, 3.63) is 48.5 Å². The molecular formula is C15H19N5. The Kier molecular flexibility index (Phi) is 3.78. The van der Waals surface area contributed by atoms with Gasteiger partial charge in [0.05, 0.1) is 6.54 Å². The van der Waals surface area contributed by atoms with Crippen LogP contribution in [0.2, 0.25) is 0 Å². The summed E-state index contributed by atoms with van der Waals surface area (Å²) in [5, 5.41) is 8.85. The number of aryl methyl sites for hydroxylation is 2. The zero-order valence-electron chi connectivity index (χ0n) is 11.7. The van der Waals surface area contributed by atoms with Gasteiger partial charge in [-0.15, -0.1) is 0 Å². The van der Waals surface area contributed by atoms with E-state index in [-0.39, 0.29) is 0 Å². The van der Waals surface area contributed by atoms with Crippen LogP contribution in [0.4, 0.5) is 0 Å². The first-order valence-corrected chi connectivity index (χ1v) is 6.99. The predicted octanol–water partition coefficient (Wildman–Crippen LogP) is 2.04. The van der Waals surface area contributed by atoms with Gasteiger partial charge in [0.2, 0.25) is 0 Å². The summed E-state index contributed by atoms with van der Waals surface area (Å²) in [6.07, 6.45) is 7.84. The molecule has 0 spiro atoms. The maximum absolute atomic E-state index is 4.52. The van der Waals surface area contributed by atoms with Gasteiger partial charge in [0.25, 0.3) is 0 Å². The van der Waals surface area contributed by atoms with E-state index in [1.165, 1.54) is 10.9 Å². The minimum absolute atomic E-state index is 0.855. The summed E-state index contributed by atoms with van der Waals surface area (Å²) in [5.74, 6) is 0. The van der Waals surface area contributed by atoms with Gasteiger partial charge in [0.15, 0.2) is 0 Å². The lowest BCUT2D eigenvalue weighted by atomic mass is 10.2. The highest BCUT2D eigenvalue weighted by atomic mass is 15.3. The second kappa shape index (κ2) is 5.88. The summed E-state index contributed by atoms with van der Waals surface area (Å²) in [4.78, 5) is 4.52. The minimum atomic E-state index is 0.855. The van der Waals surface area contributed by atoms with Crippen LogP contribution in [0.25, 0.3) is 11.0 Å². The van der Waals surface area contributed by atoms with Crippen LogP contribution in [0.5, 0.6) is 0 Å². The molecule has 3 aromatic heterocycles. The Morgan fingerprint density at radius 2 is 2.15 bits per heavy atom. The van der Waals surface area contributed by atoms with Crippen molar-refractivity contribution in [3.8, 4) is 0 Å². The molecule has 3 aromatic rings. The molecule has 0 radical (unpaired) electrons. The van der Waals surface area contributed by atoms with E-state index in [2.05, 4.69) is 39.2 Å². The van der Waals surface area contributed by atoms with Gasteiger partial charge in [0, 0.05) is 43.3 Å². The molecule has 5 heteroatoms. The highest BCUT2D eigenvalue weighted by Gasteiger charge is 2.08. The lowest BCUT2D eigenvalue weighted by molar-refractivity contribution is 0.540. The Labute approximate surface area is 118 Å². The van der Waals surface area contributed by atoms with Crippen molar-refractivity contribution >= 4 is 11.0 Å². The number of nitrogens with zero attached hydrogens (tertiary/aromatic N) is 4. The van der Waals surface area contributed by atoms with Gasteiger partial charge in [-0.3, -0.25) is 4.68 Å². The molecule has 0 saturated heterocycles. The van der Waals surface area contributed by atoms with Crippen LogP contribution in [-0.4, -0.2) is 25.9 Å². The summed E-state index contributed by atoms with van der Waals surface area (Å²) in [7, 11) is 0. The van der Waals surface area contributed by atoms with Crippen molar-refractivity contribution < 1.29 is 0 Å². The van der Waals surface area contributed by atoms with Gasteiger partial charge >= 0.3 is 0 Å². The summed E-state index contributed by atoms with van der Waals surface area (Å²) < 4.78 is 4.16. The van der Waals surface area contributed by atoms with Crippen LogP contribution >= 0.6 is 0 Å². The molecule has 0 aliphatic heterocycles. The first kappa shape index (κ1) is 12.9. The number of hydrogen-bond acceptors (Lipinski definition) is 3. The van der Waals surface area contributed by atoms with E-state index in [4.69, 9.17) is 0 Å². The van der Waals surface area contributed by atoms with Crippen LogP contribution in [0, 0.1) is 0 Å². The van der Waals surface area contributed by atoms with Gasteiger partial charge < -0.3 is 9.88 Å². The minimum Gasteiger partial charge on any atom is -0.330 e. The Hall–Kier alpha value is -2.14. The summed E-state index contributed by atoms with van der Waals surface area (Å²) in [6, 6.07) is 6.08. The standard InChI is InChI=1S/C15H19N5/c1-2-16-11-13-12-19(9-10-20-8-4-7-18-20)15-14(13)5-3-6-17-15/h3-8,12,16H,2,9-11H2,1H3. The smallest absolute Gasteiger partial charge is 0.140 e. The zero-order valence-corrected chi connectivity index (χ0v) is 11.7. The van der Waals surface area contributed by atoms with Crippen LogP contribution in [-0.2, 0) is 19.6 Å². The topological polar surface area (TPSA) is 47.7 Å². The molecule has 0 aliphatic rings. The van der Waals surface area contributed by atoms with E-state index in [0.29, 0.717) is 0 Å². The molecule has 0 bridgehead atoms. The monoisotopic (exact) mass is 269 g/mol. The molecule has 1 N–H and O–H groups in total. The molecular weight excluding hydrogens is 250 g/mol. The van der Waals surface area contributed by atoms with Gasteiger partial charge in [0.1, 0.15) is 5.65 Å². The lowest BCUT2D eigenvalue weighted by Crippen LogP contribution is -2.11. The average molecular weight is 269 g/mol. The third-order valence-corrected chi connectivity index (χ3v) is 3.41. The Balaban J connectivity index is 1.86. The quantitative estimate of drug-likeness (QED) is 0.745. The number of pyridine rings is 1. The van der Waals surface area contributed by atoms with Crippen molar-refractivity contribution in [1.29, 1.82) is 0 Å². The Morgan fingerprint density at radius 1 is 1.20 bits per heavy atom. The van der Waals surface area contributed by atoms with Crippen LogP contribution in [0.1, 0.15) is 12.5 Å². The fourth-order valence-corrected chi connectivity index (χ4v) is 2.41. The Bertz CT molecular complexity index is 669. The molecule has 5 nitrogen and oxygen atoms in total. The third kappa shape index (κ3) is 2.58. The Morgan fingerprint density at radius 3 is 2.95 bits per heavy atom. The molecule has 3 heterocycles. The number of rotatable bonds is 6. The van der Waals surface area contributed by atoms with E-state index in [1.807, 2.05) is 35.4 Å². The maximum atomic E-state index is 4.52. The molecule has 0 aliphatic carbocycles.